The monoisotopic (exact) mass is 255 g/mol. The van der Waals surface area contributed by atoms with E-state index in [9.17, 15) is 4.79 Å². The maximum absolute atomic E-state index is 10.9. The van der Waals surface area contributed by atoms with Crippen LogP contribution in [0.25, 0.3) is 0 Å². The minimum Gasteiger partial charge on any atom is -0.478 e. The predicted octanol–water partition coefficient (Wildman–Crippen LogP) is 0.258. The lowest BCUT2D eigenvalue weighted by molar-refractivity contribution is 0.0698. The van der Waals surface area contributed by atoms with E-state index in [2.05, 4.69) is 9.98 Å². The first-order valence-corrected chi connectivity index (χ1v) is 4.74. The quantitative estimate of drug-likeness (QED) is 0.443. The molecule has 0 atom stereocenters. The summed E-state index contributed by atoms with van der Waals surface area (Å²) >= 11 is 5.72. The normalized spacial score (nSPS) is 11.0. The van der Waals surface area contributed by atoms with Gasteiger partial charge < -0.3 is 22.3 Å². The number of nitrogens with zero attached hydrogens (tertiary/aromatic N) is 2. The maximum atomic E-state index is 10.9. The van der Waals surface area contributed by atoms with Gasteiger partial charge in [0.1, 0.15) is 0 Å². The van der Waals surface area contributed by atoms with E-state index in [1.807, 2.05) is 0 Å². The second-order valence-corrected chi connectivity index (χ2v) is 3.41. The summed E-state index contributed by atoms with van der Waals surface area (Å²) < 4.78 is 0. The smallest absolute Gasteiger partial charge is 0.337 e. The third kappa shape index (κ3) is 3.65. The molecule has 7 nitrogen and oxygen atoms in total. The van der Waals surface area contributed by atoms with Crippen LogP contribution < -0.4 is 17.2 Å². The fourth-order valence-corrected chi connectivity index (χ4v) is 1.23. The van der Waals surface area contributed by atoms with Gasteiger partial charge in [0.15, 0.2) is 5.96 Å². The number of guanidine groups is 2. The van der Waals surface area contributed by atoms with Crippen molar-refractivity contribution in [2.75, 3.05) is 0 Å². The average Bonchev–Trinajstić information content (AvgIpc) is 2.15. The zero-order valence-electron chi connectivity index (χ0n) is 8.59. The van der Waals surface area contributed by atoms with Crippen LogP contribution in [0.3, 0.4) is 0 Å². The van der Waals surface area contributed by atoms with E-state index in [0.717, 1.165) is 0 Å². The van der Waals surface area contributed by atoms with Crippen molar-refractivity contribution in [1.82, 2.24) is 0 Å². The molecule has 1 rings (SSSR count). The molecule has 90 valence electrons. The molecule has 8 heteroatoms. The van der Waals surface area contributed by atoms with Crippen molar-refractivity contribution in [3.8, 4) is 0 Å². The number of hydrogen-bond acceptors (Lipinski definition) is 2. The number of halogens is 1. The van der Waals surface area contributed by atoms with Crippen LogP contribution >= 0.6 is 11.6 Å². The first kappa shape index (κ1) is 12.8. The van der Waals surface area contributed by atoms with Gasteiger partial charge in [-0.3, -0.25) is 0 Å². The molecule has 0 amide bonds. The van der Waals surface area contributed by atoms with Crippen LogP contribution in [-0.2, 0) is 0 Å². The molecule has 0 radical (unpaired) electrons. The summed E-state index contributed by atoms with van der Waals surface area (Å²) in [6, 6.07) is 4.09. The Kier molecular flexibility index (Phi) is 3.89. The van der Waals surface area contributed by atoms with Gasteiger partial charge in [0, 0.05) is 5.02 Å². The number of aromatic carboxylic acids is 1. The summed E-state index contributed by atoms with van der Waals surface area (Å²) in [7, 11) is 0. The first-order chi connectivity index (χ1) is 7.90. The number of benzene rings is 1. The predicted molar refractivity (Wildman–Crippen MR) is 65.5 cm³/mol. The van der Waals surface area contributed by atoms with Gasteiger partial charge in [0.2, 0.25) is 5.96 Å². The summed E-state index contributed by atoms with van der Waals surface area (Å²) in [5, 5.41) is 9.24. The molecule has 0 heterocycles. The van der Waals surface area contributed by atoms with Gasteiger partial charge in [-0.1, -0.05) is 11.6 Å². The summed E-state index contributed by atoms with van der Waals surface area (Å²) in [4.78, 5) is 18.1. The molecule has 0 saturated carbocycles. The lowest BCUT2D eigenvalue weighted by Crippen LogP contribution is -2.26. The molecule has 0 fully saturated rings. The fraction of sp³-hybridized carbons (Fsp3) is 0. The van der Waals surface area contributed by atoms with Crippen molar-refractivity contribution in [3.05, 3.63) is 28.8 Å². The summed E-state index contributed by atoms with van der Waals surface area (Å²) in [5.74, 6) is -1.68. The van der Waals surface area contributed by atoms with Crippen molar-refractivity contribution in [2.24, 2.45) is 27.2 Å². The van der Waals surface area contributed by atoms with Crippen LogP contribution in [-0.4, -0.2) is 23.0 Å². The van der Waals surface area contributed by atoms with Crippen molar-refractivity contribution in [1.29, 1.82) is 0 Å². The number of rotatable bonds is 2. The van der Waals surface area contributed by atoms with E-state index in [1.54, 1.807) is 0 Å². The molecule has 7 N–H and O–H groups in total. The minimum absolute atomic E-state index is 0.0526. The van der Waals surface area contributed by atoms with Crippen molar-refractivity contribution in [3.63, 3.8) is 0 Å². The van der Waals surface area contributed by atoms with Crippen LogP contribution in [0.4, 0.5) is 5.69 Å². The summed E-state index contributed by atoms with van der Waals surface area (Å²) in [6.07, 6.45) is 0. The van der Waals surface area contributed by atoms with Crippen LogP contribution in [0.5, 0.6) is 0 Å². The van der Waals surface area contributed by atoms with Gasteiger partial charge in [-0.2, -0.15) is 4.99 Å². The van der Waals surface area contributed by atoms with Gasteiger partial charge in [-0.05, 0) is 18.2 Å². The lowest BCUT2D eigenvalue weighted by atomic mass is 10.2. The first-order valence-electron chi connectivity index (χ1n) is 4.37. The molecule has 0 aliphatic heterocycles. The SMILES string of the molecule is NC(N)=NC(N)=Nc1cc(Cl)ccc1C(=O)O. The maximum Gasteiger partial charge on any atom is 0.337 e. The number of aliphatic imine (C=N–C) groups is 2. The van der Waals surface area contributed by atoms with Crippen LogP contribution in [0.15, 0.2) is 28.2 Å². The molecule has 0 bridgehead atoms. The average molecular weight is 256 g/mol. The highest BCUT2D eigenvalue weighted by molar-refractivity contribution is 6.31. The molecular weight excluding hydrogens is 246 g/mol. The van der Waals surface area contributed by atoms with E-state index in [-0.39, 0.29) is 23.2 Å². The fourth-order valence-electron chi connectivity index (χ4n) is 1.06. The third-order valence-electron chi connectivity index (χ3n) is 1.67. The molecule has 0 aliphatic rings. The van der Waals surface area contributed by atoms with Crippen molar-refractivity contribution >= 4 is 35.2 Å². The zero-order valence-corrected chi connectivity index (χ0v) is 9.35. The number of carbonyl (C=O) groups is 1. The van der Waals surface area contributed by atoms with Gasteiger partial charge in [0.05, 0.1) is 11.3 Å². The second kappa shape index (κ2) is 5.17. The Morgan fingerprint density at radius 3 is 2.47 bits per heavy atom. The third-order valence-corrected chi connectivity index (χ3v) is 1.90. The standard InChI is InChI=1S/C9H10ClN5O2/c10-4-1-2-5(7(16)17)6(3-4)14-9(13)15-8(11)12/h1-3H,(H,16,17)(H6,11,12,13,14,15). The molecule has 0 spiro atoms. The molecule has 0 saturated heterocycles. The highest BCUT2D eigenvalue weighted by Gasteiger charge is 2.10. The Hall–Kier alpha value is -2.28. The number of carboxylic acids is 1. The van der Waals surface area contributed by atoms with Gasteiger partial charge in [0.25, 0.3) is 0 Å². The Balaban J connectivity index is 3.25. The van der Waals surface area contributed by atoms with Gasteiger partial charge in [-0.25, -0.2) is 9.79 Å². The Morgan fingerprint density at radius 2 is 1.94 bits per heavy atom. The number of hydrogen-bond donors (Lipinski definition) is 4. The molecule has 0 aliphatic carbocycles. The van der Waals surface area contributed by atoms with Gasteiger partial charge >= 0.3 is 5.97 Å². The second-order valence-electron chi connectivity index (χ2n) is 2.97. The zero-order chi connectivity index (χ0) is 13.0. The largest absolute Gasteiger partial charge is 0.478 e. The number of nitrogens with two attached hydrogens (primary N) is 3. The molecule has 17 heavy (non-hydrogen) atoms. The van der Waals surface area contributed by atoms with E-state index < -0.39 is 5.97 Å². The Morgan fingerprint density at radius 1 is 1.29 bits per heavy atom. The molecular formula is C9H10ClN5O2. The van der Waals surface area contributed by atoms with Crippen LogP contribution in [0.1, 0.15) is 10.4 Å². The summed E-state index contributed by atoms with van der Waals surface area (Å²) in [6.45, 7) is 0. The van der Waals surface area contributed by atoms with Crippen LogP contribution in [0, 0.1) is 0 Å². The molecule has 0 aromatic heterocycles. The highest BCUT2D eigenvalue weighted by atomic mass is 35.5. The minimum atomic E-state index is -1.15. The Labute approximate surface area is 102 Å². The lowest BCUT2D eigenvalue weighted by Gasteiger charge is -2.02. The Bertz CT molecular complexity index is 508. The van der Waals surface area contributed by atoms with E-state index >= 15 is 0 Å². The molecule has 1 aromatic rings. The summed E-state index contributed by atoms with van der Waals surface area (Å²) in [5.41, 5.74) is 15.6. The van der Waals surface area contributed by atoms with E-state index in [0.29, 0.717) is 5.02 Å². The molecule has 1 aromatic carbocycles. The van der Waals surface area contributed by atoms with E-state index in [4.69, 9.17) is 33.9 Å². The van der Waals surface area contributed by atoms with Crippen molar-refractivity contribution < 1.29 is 9.90 Å². The van der Waals surface area contributed by atoms with Gasteiger partial charge in [-0.15, -0.1) is 0 Å². The molecule has 0 unspecified atom stereocenters. The van der Waals surface area contributed by atoms with Crippen molar-refractivity contribution in [2.45, 2.75) is 0 Å². The number of carboxylic acid groups (broad SMARTS) is 1. The highest BCUT2D eigenvalue weighted by Crippen LogP contribution is 2.23. The topological polar surface area (TPSA) is 140 Å². The van der Waals surface area contributed by atoms with E-state index in [1.165, 1.54) is 18.2 Å². The van der Waals surface area contributed by atoms with Crippen LogP contribution in [0.2, 0.25) is 5.02 Å².